The highest BCUT2D eigenvalue weighted by atomic mass is 16.5. The SMILES string of the molecule is COC(=O)C(C#N)=Cc1cc2cc(C)cc(C)c2[nH]c1=O. The maximum Gasteiger partial charge on any atom is 0.348 e. The molecule has 5 heteroatoms. The van der Waals surface area contributed by atoms with Crippen LogP contribution in [0, 0.1) is 25.2 Å². The first-order valence-corrected chi connectivity index (χ1v) is 6.30. The van der Waals surface area contributed by atoms with Crippen molar-refractivity contribution in [2.24, 2.45) is 0 Å². The van der Waals surface area contributed by atoms with Crippen molar-refractivity contribution in [2.45, 2.75) is 13.8 Å². The number of pyridine rings is 1. The molecule has 0 amide bonds. The summed E-state index contributed by atoms with van der Waals surface area (Å²) in [6.45, 7) is 3.87. The number of aromatic amines is 1. The van der Waals surface area contributed by atoms with Crippen molar-refractivity contribution >= 4 is 22.9 Å². The van der Waals surface area contributed by atoms with E-state index in [4.69, 9.17) is 5.26 Å². The van der Waals surface area contributed by atoms with Crippen molar-refractivity contribution in [3.63, 3.8) is 0 Å². The smallest absolute Gasteiger partial charge is 0.348 e. The maximum atomic E-state index is 12.1. The number of hydrogen-bond acceptors (Lipinski definition) is 4. The zero-order valence-corrected chi connectivity index (χ0v) is 12.0. The van der Waals surface area contributed by atoms with Gasteiger partial charge in [0.2, 0.25) is 0 Å². The van der Waals surface area contributed by atoms with Crippen LogP contribution in [0.4, 0.5) is 0 Å². The molecule has 0 aliphatic carbocycles. The van der Waals surface area contributed by atoms with Gasteiger partial charge in [-0.1, -0.05) is 11.6 Å². The van der Waals surface area contributed by atoms with Crippen molar-refractivity contribution in [3.8, 4) is 6.07 Å². The minimum atomic E-state index is -0.766. The summed E-state index contributed by atoms with van der Waals surface area (Å²) in [5.74, 6) is -0.766. The molecule has 0 bridgehead atoms. The highest BCUT2D eigenvalue weighted by molar-refractivity contribution is 5.98. The second-order valence-electron chi connectivity index (χ2n) is 4.76. The third kappa shape index (κ3) is 2.84. The molecule has 1 aromatic carbocycles. The summed E-state index contributed by atoms with van der Waals surface area (Å²) in [5.41, 5.74) is 2.45. The number of hydrogen-bond donors (Lipinski definition) is 1. The molecular formula is C16H14N2O3. The van der Waals surface area contributed by atoms with E-state index in [1.165, 1.54) is 13.2 Å². The fourth-order valence-electron chi connectivity index (χ4n) is 2.21. The highest BCUT2D eigenvalue weighted by Crippen LogP contribution is 2.18. The van der Waals surface area contributed by atoms with Crippen LogP contribution < -0.4 is 5.56 Å². The molecule has 21 heavy (non-hydrogen) atoms. The lowest BCUT2D eigenvalue weighted by molar-refractivity contribution is -0.135. The summed E-state index contributed by atoms with van der Waals surface area (Å²) in [7, 11) is 1.19. The number of nitrogens with one attached hydrogen (secondary N) is 1. The zero-order chi connectivity index (χ0) is 15.6. The molecular weight excluding hydrogens is 268 g/mol. The van der Waals surface area contributed by atoms with Gasteiger partial charge in [-0.2, -0.15) is 5.26 Å². The molecule has 0 unspecified atom stereocenters. The van der Waals surface area contributed by atoms with Crippen molar-refractivity contribution in [1.82, 2.24) is 4.98 Å². The average Bonchev–Trinajstić information content (AvgIpc) is 2.45. The second kappa shape index (κ2) is 5.63. The van der Waals surface area contributed by atoms with Crippen LogP contribution in [0.1, 0.15) is 16.7 Å². The normalized spacial score (nSPS) is 11.2. The Balaban J connectivity index is 2.69. The number of carbonyl (C=O) groups is 1. The first-order chi connectivity index (χ1) is 9.96. The van der Waals surface area contributed by atoms with E-state index in [0.717, 1.165) is 22.0 Å². The number of carbonyl (C=O) groups excluding carboxylic acids is 1. The number of rotatable bonds is 2. The van der Waals surface area contributed by atoms with Gasteiger partial charge in [-0.25, -0.2) is 4.79 Å². The van der Waals surface area contributed by atoms with Gasteiger partial charge in [-0.3, -0.25) is 4.79 Å². The lowest BCUT2D eigenvalue weighted by Gasteiger charge is -2.05. The number of benzene rings is 1. The summed E-state index contributed by atoms with van der Waals surface area (Å²) < 4.78 is 4.50. The van der Waals surface area contributed by atoms with Crippen LogP contribution in [0.15, 0.2) is 28.6 Å². The topological polar surface area (TPSA) is 82.9 Å². The molecule has 0 fully saturated rings. The van der Waals surface area contributed by atoms with Gasteiger partial charge in [0.05, 0.1) is 12.6 Å². The molecule has 0 radical (unpaired) electrons. The molecule has 1 aromatic heterocycles. The number of ether oxygens (including phenoxy) is 1. The van der Waals surface area contributed by atoms with Crippen LogP contribution in [-0.2, 0) is 9.53 Å². The van der Waals surface area contributed by atoms with Crippen LogP contribution in [-0.4, -0.2) is 18.1 Å². The fourth-order valence-corrected chi connectivity index (χ4v) is 2.21. The molecule has 0 saturated heterocycles. The molecule has 106 valence electrons. The van der Waals surface area contributed by atoms with Crippen LogP contribution in [0.2, 0.25) is 0 Å². The van der Waals surface area contributed by atoms with Gasteiger partial charge in [0.15, 0.2) is 0 Å². The minimum Gasteiger partial charge on any atom is -0.465 e. The predicted octanol–water partition coefficient (Wildman–Crippen LogP) is 2.22. The Kier molecular flexibility index (Phi) is 3.90. The monoisotopic (exact) mass is 282 g/mol. The fraction of sp³-hybridized carbons (Fsp3) is 0.188. The number of aromatic nitrogens is 1. The number of fused-ring (bicyclic) bond motifs is 1. The molecule has 2 aromatic rings. The van der Waals surface area contributed by atoms with E-state index in [2.05, 4.69) is 9.72 Å². The van der Waals surface area contributed by atoms with E-state index in [-0.39, 0.29) is 16.7 Å². The number of aryl methyl sites for hydroxylation is 2. The maximum absolute atomic E-state index is 12.1. The number of H-pyrrole nitrogens is 1. The van der Waals surface area contributed by atoms with Crippen LogP contribution >= 0.6 is 0 Å². The number of nitrogens with zero attached hydrogens (tertiary/aromatic N) is 1. The molecule has 5 nitrogen and oxygen atoms in total. The predicted molar refractivity (Wildman–Crippen MR) is 79.6 cm³/mol. The van der Waals surface area contributed by atoms with E-state index in [1.807, 2.05) is 26.0 Å². The Morgan fingerprint density at radius 2 is 2.05 bits per heavy atom. The Morgan fingerprint density at radius 1 is 1.33 bits per heavy atom. The Morgan fingerprint density at radius 3 is 2.67 bits per heavy atom. The molecule has 2 rings (SSSR count). The van der Waals surface area contributed by atoms with Crippen LogP contribution in [0.3, 0.4) is 0 Å². The lowest BCUT2D eigenvalue weighted by Crippen LogP contribution is -2.11. The van der Waals surface area contributed by atoms with Crippen LogP contribution in [0.5, 0.6) is 0 Å². The summed E-state index contributed by atoms with van der Waals surface area (Å²) in [6.07, 6.45) is 1.24. The third-order valence-electron chi connectivity index (χ3n) is 3.15. The van der Waals surface area contributed by atoms with E-state index < -0.39 is 5.97 Å². The van der Waals surface area contributed by atoms with Gasteiger partial charge in [-0.05, 0) is 43.0 Å². The zero-order valence-electron chi connectivity index (χ0n) is 12.0. The summed E-state index contributed by atoms with van der Waals surface area (Å²) in [6, 6.07) is 7.30. The summed E-state index contributed by atoms with van der Waals surface area (Å²) >= 11 is 0. The van der Waals surface area contributed by atoms with Crippen molar-refractivity contribution < 1.29 is 9.53 Å². The molecule has 1 N–H and O–H groups in total. The Labute approximate surface area is 121 Å². The van der Waals surface area contributed by atoms with Gasteiger partial charge in [0.1, 0.15) is 11.6 Å². The van der Waals surface area contributed by atoms with Crippen molar-refractivity contribution in [3.05, 3.63) is 50.8 Å². The Bertz CT molecular complexity index is 854. The average molecular weight is 282 g/mol. The van der Waals surface area contributed by atoms with E-state index in [1.54, 1.807) is 12.1 Å². The lowest BCUT2D eigenvalue weighted by atomic mass is 10.0. The number of nitriles is 1. The van der Waals surface area contributed by atoms with Gasteiger partial charge in [0.25, 0.3) is 5.56 Å². The standard InChI is InChI=1S/C16H14N2O3/c1-9-4-10(2)14-11(5-9)6-12(15(19)18-14)7-13(8-17)16(20)21-3/h4-7H,1-3H3,(H,18,19). The minimum absolute atomic E-state index is 0.216. The molecule has 0 aliphatic heterocycles. The van der Waals surface area contributed by atoms with E-state index in [0.29, 0.717) is 0 Å². The van der Waals surface area contributed by atoms with E-state index in [9.17, 15) is 9.59 Å². The van der Waals surface area contributed by atoms with Gasteiger partial charge >= 0.3 is 5.97 Å². The molecule has 0 spiro atoms. The van der Waals surface area contributed by atoms with Gasteiger partial charge in [0, 0.05) is 5.56 Å². The molecule has 0 saturated carbocycles. The first-order valence-electron chi connectivity index (χ1n) is 6.30. The quantitative estimate of drug-likeness (QED) is 0.520. The molecule has 0 atom stereocenters. The second-order valence-corrected chi connectivity index (χ2v) is 4.76. The van der Waals surface area contributed by atoms with Gasteiger partial charge in [-0.15, -0.1) is 0 Å². The number of esters is 1. The van der Waals surface area contributed by atoms with Crippen molar-refractivity contribution in [1.29, 1.82) is 5.26 Å². The van der Waals surface area contributed by atoms with E-state index >= 15 is 0 Å². The molecule has 1 heterocycles. The first kappa shape index (κ1) is 14.5. The van der Waals surface area contributed by atoms with Crippen molar-refractivity contribution in [2.75, 3.05) is 7.11 Å². The highest BCUT2D eigenvalue weighted by Gasteiger charge is 2.11. The number of methoxy groups -OCH3 is 1. The largest absolute Gasteiger partial charge is 0.465 e. The third-order valence-corrected chi connectivity index (χ3v) is 3.15. The Hall–Kier alpha value is -2.87. The summed E-state index contributed by atoms with van der Waals surface area (Å²) in [5, 5.41) is 9.80. The molecule has 0 aliphatic rings. The van der Waals surface area contributed by atoms with Gasteiger partial charge < -0.3 is 9.72 Å². The van der Waals surface area contributed by atoms with Crippen LogP contribution in [0.25, 0.3) is 17.0 Å². The summed E-state index contributed by atoms with van der Waals surface area (Å²) in [4.78, 5) is 26.3.